The van der Waals surface area contributed by atoms with Gasteiger partial charge in [0.05, 0.1) is 12.5 Å². The number of esters is 1. The molecule has 1 aromatic carbocycles. The molecule has 2 atom stereocenters. The fourth-order valence-electron chi connectivity index (χ4n) is 2.61. The first kappa shape index (κ1) is 23.3. The van der Waals surface area contributed by atoms with Crippen LogP contribution in [0.2, 0.25) is 0 Å². The minimum Gasteiger partial charge on any atom is -0.463 e. The Morgan fingerprint density at radius 1 is 1.19 bits per heavy atom. The van der Waals surface area contributed by atoms with E-state index in [0.29, 0.717) is 12.3 Å². The first-order valence-corrected chi connectivity index (χ1v) is 10.8. The van der Waals surface area contributed by atoms with E-state index in [1.54, 1.807) is 6.92 Å². The van der Waals surface area contributed by atoms with Crippen molar-refractivity contribution in [1.29, 1.82) is 0 Å². The van der Waals surface area contributed by atoms with E-state index >= 15 is 0 Å². The van der Waals surface area contributed by atoms with Gasteiger partial charge in [-0.25, -0.2) is 0 Å². The molecule has 0 amide bonds. The molecule has 0 spiro atoms. The highest BCUT2D eigenvalue weighted by molar-refractivity contribution is 7.85. The molecule has 0 fully saturated rings. The third-order valence-electron chi connectivity index (χ3n) is 4.22. The number of hydrogen-bond acceptors (Lipinski definition) is 5. The molecule has 0 radical (unpaired) electrons. The number of hydrogen-bond donors (Lipinski definition) is 1. The second-order valence-electron chi connectivity index (χ2n) is 6.48. The predicted molar refractivity (Wildman–Crippen MR) is 105 cm³/mol. The van der Waals surface area contributed by atoms with Crippen LogP contribution in [0.4, 0.5) is 0 Å². The topological polar surface area (TPSA) is 89.9 Å². The number of benzene rings is 1. The van der Waals surface area contributed by atoms with Gasteiger partial charge in [-0.15, -0.1) is 0 Å². The molecule has 0 aromatic heterocycles. The summed E-state index contributed by atoms with van der Waals surface area (Å²) in [4.78, 5) is 11.8. The molecule has 152 valence electrons. The standard InChI is InChI=1S/C20H30O6S/c1-3-18(19-12-8-5-9-13-19)11-7-4-6-10-17(2)20(21)26-15-14-25-16-27(22,23)24/h4-5,7-9,12-13,17-18H,3,6,10-11,14-16H2,1-2H3,(H,22,23,24). The smallest absolute Gasteiger partial charge is 0.308 e. The SMILES string of the molecule is CCC(CC=CCCC(C)C(=O)OCCOCS(=O)(=O)O)c1ccccc1. The van der Waals surface area contributed by atoms with Gasteiger partial charge >= 0.3 is 5.97 Å². The maximum atomic E-state index is 11.8. The largest absolute Gasteiger partial charge is 0.463 e. The fraction of sp³-hybridized carbons (Fsp3) is 0.550. The van der Waals surface area contributed by atoms with Crippen molar-refractivity contribution < 1.29 is 27.2 Å². The third-order valence-corrected chi connectivity index (χ3v) is 4.69. The Hall–Kier alpha value is -1.70. The lowest BCUT2D eigenvalue weighted by molar-refractivity contribution is -0.149. The van der Waals surface area contributed by atoms with Gasteiger partial charge in [-0.1, -0.05) is 56.3 Å². The zero-order valence-electron chi connectivity index (χ0n) is 16.0. The van der Waals surface area contributed by atoms with E-state index in [2.05, 4.69) is 48.1 Å². The number of carbonyl (C=O) groups is 1. The third kappa shape index (κ3) is 10.9. The van der Waals surface area contributed by atoms with E-state index in [9.17, 15) is 13.2 Å². The van der Waals surface area contributed by atoms with Crippen molar-refractivity contribution in [2.24, 2.45) is 5.92 Å². The molecule has 0 heterocycles. The van der Waals surface area contributed by atoms with Crippen molar-refractivity contribution in [1.82, 2.24) is 0 Å². The summed E-state index contributed by atoms with van der Waals surface area (Å²) in [6, 6.07) is 10.4. The Morgan fingerprint density at radius 3 is 2.52 bits per heavy atom. The summed E-state index contributed by atoms with van der Waals surface area (Å²) in [6.07, 6.45) is 7.80. The van der Waals surface area contributed by atoms with Crippen molar-refractivity contribution >= 4 is 16.1 Å². The second-order valence-corrected chi connectivity index (χ2v) is 7.88. The zero-order chi connectivity index (χ0) is 20.1. The molecule has 0 aliphatic rings. The van der Waals surface area contributed by atoms with Gasteiger partial charge in [0.1, 0.15) is 6.61 Å². The van der Waals surface area contributed by atoms with Crippen molar-refractivity contribution in [2.45, 2.75) is 45.4 Å². The monoisotopic (exact) mass is 398 g/mol. The fourth-order valence-corrected chi connectivity index (χ4v) is 2.94. The van der Waals surface area contributed by atoms with Crippen LogP contribution in [-0.4, -0.2) is 38.1 Å². The Bertz CT molecular complexity index is 669. The summed E-state index contributed by atoms with van der Waals surface area (Å²) in [5, 5.41) is 0. The molecule has 0 aliphatic carbocycles. The van der Waals surface area contributed by atoms with Gasteiger partial charge < -0.3 is 9.47 Å². The number of rotatable bonds is 13. The summed E-state index contributed by atoms with van der Waals surface area (Å²) in [7, 11) is -4.16. The van der Waals surface area contributed by atoms with Crippen molar-refractivity contribution in [3.8, 4) is 0 Å². The van der Waals surface area contributed by atoms with Gasteiger partial charge in [0.15, 0.2) is 5.94 Å². The van der Waals surface area contributed by atoms with Gasteiger partial charge in [-0.05, 0) is 37.2 Å². The molecule has 0 aliphatic heterocycles. The van der Waals surface area contributed by atoms with Crippen LogP contribution in [0.5, 0.6) is 0 Å². The highest BCUT2D eigenvalue weighted by atomic mass is 32.2. The van der Waals surface area contributed by atoms with Gasteiger partial charge in [0.2, 0.25) is 0 Å². The normalized spacial score (nSPS) is 14.2. The average Bonchev–Trinajstić information content (AvgIpc) is 2.63. The van der Waals surface area contributed by atoms with Gasteiger partial charge in [-0.3, -0.25) is 9.35 Å². The zero-order valence-corrected chi connectivity index (χ0v) is 16.9. The van der Waals surface area contributed by atoms with E-state index in [4.69, 9.17) is 9.29 Å². The number of ether oxygens (including phenoxy) is 2. The molecular formula is C20H30O6S. The summed E-state index contributed by atoms with van der Waals surface area (Å²) >= 11 is 0. The summed E-state index contributed by atoms with van der Waals surface area (Å²) < 4.78 is 39.1. The van der Waals surface area contributed by atoms with Gasteiger partial charge in [0.25, 0.3) is 10.1 Å². The van der Waals surface area contributed by atoms with Crippen molar-refractivity contribution in [3.63, 3.8) is 0 Å². The molecule has 6 nitrogen and oxygen atoms in total. The highest BCUT2D eigenvalue weighted by Gasteiger charge is 2.13. The van der Waals surface area contributed by atoms with Crippen LogP contribution in [0.3, 0.4) is 0 Å². The number of carbonyl (C=O) groups excluding carboxylic acids is 1. The quantitative estimate of drug-likeness (QED) is 0.234. The lowest BCUT2D eigenvalue weighted by atomic mass is 9.93. The first-order valence-electron chi connectivity index (χ1n) is 9.23. The maximum Gasteiger partial charge on any atom is 0.308 e. The van der Waals surface area contributed by atoms with Crippen LogP contribution in [-0.2, 0) is 24.4 Å². The van der Waals surface area contributed by atoms with Gasteiger partial charge in [0, 0.05) is 0 Å². The molecular weight excluding hydrogens is 368 g/mol. The van der Waals surface area contributed by atoms with Crippen LogP contribution < -0.4 is 0 Å². The molecule has 0 saturated carbocycles. The second kappa shape index (κ2) is 12.6. The van der Waals surface area contributed by atoms with Crippen LogP contribution in [0.1, 0.15) is 51.0 Å². The molecule has 1 rings (SSSR count). The lowest BCUT2D eigenvalue weighted by Gasteiger charge is -2.13. The van der Waals surface area contributed by atoms with Crippen LogP contribution in [0.25, 0.3) is 0 Å². The summed E-state index contributed by atoms with van der Waals surface area (Å²) in [5.74, 6) is -0.874. The van der Waals surface area contributed by atoms with Crippen molar-refractivity contribution in [2.75, 3.05) is 19.2 Å². The van der Waals surface area contributed by atoms with E-state index in [0.717, 1.165) is 19.3 Å². The minimum atomic E-state index is -4.16. The molecule has 27 heavy (non-hydrogen) atoms. The Balaban J connectivity index is 2.20. The average molecular weight is 399 g/mol. The van der Waals surface area contributed by atoms with E-state index < -0.39 is 16.1 Å². The predicted octanol–water partition coefficient (Wildman–Crippen LogP) is 3.95. The van der Waals surface area contributed by atoms with Crippen LogP contribution in [0.15, 0.2) is 42.5 Å². The van der Waals surface area contributed by atoms with Crippen LogP contribution in [0, 0.1) is 5.92 Å². The lowest BCUT2D eigenvalue weighted by Crippen LogP contribution is -2.18. The Kier molecular flexibility index (Phi) is 10.9. The Morgan fingerprint density at radius 2 is 1.89 bits per heavy atom. The molecule has 0 bridgehead atoms. The van der Waals surface area contributed by atoms with E-state index in [-0.39, 0.29) is 25.1 Å². The molecule has 1 N–H and O–H groups in total. The first-order chi connectivity index (χ1) is 12.8. The van der Waals surface area contributed by atoms with Gasteiger partial charge in [-0.2, -0.15) is 8.42 Å². The van der Waals surface area contributed by atoms with Crippen molar-refractivity contribution in [3.05, 3.63) is 48.0 Å². The van der Waals surface area contributed by atoms with E-state index in [1.165, 1.54) is 5.56 Å². The minimum absolute atomic E-state index is 0.0379. The maximum absolute atomic E-state index is 11.8. The number of allylic oxidation sites excluding steroid dienone is 2. The Labute approximate surface area is 162 Å². The van der Waals surface area contributed by atoms with E-state index in [1.807, 2.05) is 6.07 Å². The molecule has 7 heteroatoms. The summed E-state index contributed by atoms with van der Waals surface area (Å²) in [5.41, 5.74) is 1.35. The molecule has 2 unspecified atom stereocenters. The van der Waals surface area contributed by atoms with Crippen LogP contribution >= 0.6 is 0 Å². The molecule has 1 aromatic rings. The molecule has 0 saturated heterocycles. The highest BCUT2D eigenvalue weighted by Crippen LogP contribution is 2.23. The summed E-state index contributed by atoms with van der Waals surface area (Å²) in [6.45, 7) is 3.87.